The van der Waals surface area contributed by atoms with Crippen LogP contribution in [0.2, 0.25) is 0 Å². The maximum atomic E-state index is 12.0. The van der Waals surface area contributed by atoms with E-state index in [2.05, 4.69) is 0 Å². The van der Waals surface area contributed by atoms with E-state index < -0.39 is 7.97 Å². The highest BCUT2D eigenvalue weighted by atomic mass is 127. The Balaban J connectivity index is 3.54. The van der Waals surface area contributed by atoms with E-state index in [4.69, 9.17) is 34.8 Å². The summed E-state index contributed by atoms with van der Waals surface area (Å²) in [7, 11) is 0. The standard InChI is InChI=1S/C2HCl3FI/c3-1(4)2(5,6)7/h1H. The van der Waals surface area contributed by atoms with Crippen LogP contribution < -0.4 is 0 Å². The number of hydrogen-bond acceptors (Lipinski definition) is 0. The lowest BCUT2D eigenvalue weighted by Gasteiger charge is -2.07. The second-order valence-electron chi connectivity index (χ2n) is 0.842. The Morgan fingerprint density at radius 1 is 1.57 bits per heavy atom. The summed E-state index contributed by atoms with van der Waals surface area (Å²) in [5.41, 5.74) is 0. The van der Waals surface area contributed by atoms with Crippen molar-refractivity contribution in [1.82, 2.24) is 0 Å². The van der Waals surface area contributed by atoms with Gasteiger partial charge in [0.1, 0.15) is 0 Å². The van der Waals surface area contributed by atoms with Crippen LogP contribution in [0.5, 0.6) is 0 Å². The third kappa shape index (κ3) is 4.06. The molecule has 0 saturated carbocycles. The van der Waals surface area contributed by atoms with Crippen molar-refractivity contribution >= 4 is 57.4 Å². The average molecular weight is 277 g/mol. The summed E-state index contributed by atoms with van der Waals surface area (Å²) in [4.78, 5) is -1.17. The van der Waals surface area contributed by atoms with E-state index in [-0.39, 0.29) is 0 Å². The van der Waals surface area contributed by atoms with Gasteiger partial charge in [-0.1, -0.05) is 34.8 Å². The Morgan fingerprint density at radius 2 is 1.71 bits per heavy atom. The summed E-state index contributed by atoms with van der Waals surface area (Å²) >= 11 is 16.2. The quantitative estimate of drug-likeness (QED) is 0.510. The molecular formula is C2HCl3FI. The molecule has 0 spiro atoms. The lowest BCUT2D eigenvalue weighted by Crippen LogP contribution is -2.12. The molecule has 0 aliphatic carbocycles. The van der Waals surface area contributed by atoms with Crippen LogP contribution in [0.1, 0.15) is 0 Å². The summed E-state index contributed by atoms with van der Waals surface area (Å²) in [5, 5.41) is 0. The zero-order valence-corrected chi connectivity index (χ0v) is 7.39. The average Bonchev–Trinajstić information content (AvgIpc) is 1.31. The lowest BCUT2D eigenvalue weighted by molar-refractivity contribution is 0.445. The van der Waals surface area contributed by atoms with Gasteiger partial charge in [0.05, 0.1) is 0 Å². The maximum absolute atomic E-state index is 12.0. The third-order valence-corrected chi connectivity index (χ3v) is 2.65. The third-order valence-electron chi connectivity index (χ3n) is 0.247. The van der Waals surface area contributed by atoms with Gasteiger partial charge in [-0.25, -0.2) is 4.39 Å². The molecule has 0 aromatic rings. The predicted molar refractivity (Wildman–Crippen MR) is 39.2 cm³/mol. The van der Waals surface area contributed by atoms with Gasteiger partial charge < -0.3 is 0 Å². The van der Waals surface area contributed by atoms with Crippen molar-refractivity contribution in [1.29, 1.82) is 0 Å². The van der Waals surface area contributed by atoms with E-state index in [1.807, 2.05) is 0 Å². The molecule has 0 amide bonds. The fourth-order valence-corrected chi connectivity index (χ4v) is 0. The van der Waals surface area contributed by atoms with Crippen LogP contribution in [0.15, 0.2) is 0 Å². The predicted octanol–water partition coefficient (Wildman–Crippen LogP) is 3.09. The molecule has 0 fully saturated rings. The van der Waals surface area contributed by atoms with E-state index in [1.54, 1.807) is 0 Å². The van der Waals surface area contributed by atoms with Crippen LogP contribution in [0.25, 0.3) is 0 Å². The summed E-state index contributed by atoms with van der Waals surface area (Å²) in [5.74, 6) is 0. The van der Waals surface area contributed by atoms with Gasteiger partial charge in [0.25, 0.3) is 3.13 Å². The lowest BCUT2D eigenvalue weighted by atomic mass is 10.9. The summed E-state index contributed by atoms with van der Waals surface area (Å²) in [6.45, 7) is 0. The van der Waals surface area contributed by atoms with Crippen molar-refractivity contribution < 1.29 is 4.39 Å². The van der Waals surface area contributed by atoms with Crippen molar-refractivity contribution in [2.45, 2.75) is 7.97 Å². The van der Waals surface area contributed by atoms with Crippen LogP contribution in [0.3, 0.4) is 0 Å². The fraction of sp³-hybridized carbons (Fsp3) is 1.00. The number of alkyl halides is 5. The van der Waals surface area contributed by atoms with E-state index in [0.717, 1.165) is 0 Å². The summed E-state index contributed by atoms with van der Waals surface area (Å²) in [6, 6.07) is 0. The van der Waals surface area contributed by atoms with Crippen LogP contribution >= 0.6 is 57.4 Å². The molecule has 1 unspecified atom stereocenters. The van der Waals surface area contributed by atoms with Crippen molar-refractivity contribution in [3.05, 3.63) is 0 Å². The molecule has 1 atom stereocenters. The molecule has 0 rings (SSSR count). The summed E-state index contributed by atoms with van der Waals surface area (Å²) < 4.78 is 9.97. The molecule has 0 aromatic carbocycles. The molecular weight excluding hydrogens is 276 g/mol. The molecule has 44 valence electrons. The minimum absolute atomic E-state index is 1.17. The topological polar surface area (TPSA) is 0 Å². The monoisotopic (exact) mass is 276 g/mol. The first kappa shape index (κ1) is 8.53. The first-order valence-electron chi connectivity index (χ1n) is 1.29. The Hall–Kier alpha value is 1.53. The van der Waals surface area contributed by atoms with Gasteiger partial charge in [0.2, 0.25) is 0 Å². The van der Waals surface area contributed by atoms with Crippen LogP contribution in [0.4, 0.5) is 4.39 Å². The Bertz CT molecular complexity index is 58.4. The summed E-state index contributed by atoms with van der Waals surface area (Å²) in [6.07, 6.45) is 0. The van der Waals surface area contributed by atoms with Crippen LogP contribution in [0, 0.1) is 0 Å². The number of hydrogen-bond donors (Lipinski definition) is 0. The molecule has 0 radical (unpaired) electrons. The van der Waals surface area contributed by atoms with Crippen LogP contribution in [-0.2, 0) is 0 Å². The van der Waals surface area contributed by atoms with Gasteiger partial charge in [0, 0.05) is 0 Å². The van der Waals surface area contributed by atoms with Gasteiger partial charge in [-0.05, 0) is 22.6 Å². The van der Waals surface area contributed by atoms with E-state index in [1.165, 1.54) is 22.6 Å². The molecule has 0 nitrogen and oxygen atoms in total. The largest absolute Gasteiger partial charge is 0.263 e. The Labute approximate surface area is 69.4 Å². The van der Waals surface area contributed by atoms with E-state index in [9.17, 15) is 4.39 Å². The normalized spacial score (nSPS) is 19.7. The van der Waals surface area contributed by atoms with Gasteiger partial charge >= 0.3 is 0 Å². The van der Waals surface area contributed by atoms with Crippen molar-refractivity contribution in [3.8, 4) is 0 Å². The minimum atomic E-state index is -2.03. The van der Waals surface area contributed by atoms with Crippen LogP contribution in [-0.4, -0.2) is 7.97 Å². The molecule has 0 aromatic heterocycles. The SMILES string of the molecule is FC(Cl)(I)C(Cl)Cl. The zero-order chi connectivity index (χ0) is 6.08. The smallest absolute Gasteiger partial charge is 0.211 e. The van der Waals surface area contributed by atoms with Gasteiger partial charge in [-0.2, -0.15) is 0 Å². The molecule has 5 heteroatoms. The fourth-order valence-electron chi connectivity index (χ4n) is 0. The van der Waals surface area contributed by atoms with Gasteiger partial charge in [-0.3, -0.25) is 0 Å². The first-order valence-corrected chi connectivity index (χ1v) is 3.62. The van der Waals surface area contributed by atoms with Crippen molar-refractivity contribution in [2.75, 3.05) is 0 Å². The second-order valence-corrected chi connectivity index (χ2v) is 4.70. The molecule has 0 saturated heterocycles. The number of halogens is 5. The second kappa shape index (κ2) is 2.90. The van der Waals surface area contributed by atoms with Gasteiger partial charge in [0.15, 0.2) is 4.84 Å². The highest BCUT2D eigenvalue weighted by molar-refractivity contribution is 14.1. The molecule has 0 heterocycles. The van der Waals surface area contributed by atoms with Gasteiger partial charge in [-0.15, -0.1) is 0 Å². The van der Waals surface area contributed by atoms with E-state index in [0.29, 0.717) is 0 Å². The molecule has 7 heavy (non-hydrogen) atoms. The molecule has 0 bridgehead atoms. The molecule has 0 N–H and O–H groups in total. The van der Waals surface area contributed by atoms with Crippen molar-refractivity contribution in [3.63, 3.8) is 0 Å². The first-order chi connectivity index (χ1) is 2.94. The molecule has 0 aliphatic rings. The maximum Gasteiger partial charge on any atom is 0.263 e. The minimum Gasteiger partial charge on any atom is -0.211 e. The number of rotatable bonds is 1. The zero-order valence-electron chi connectivity index (χ0n) is 2.97. The Morgan fingerprint density at radius 3 is 1.71 bits per heavy atom. The molecule has 0 aliphatic heterocycles. The Kier molecular flexibility index (Phi) is 3.53. The highest BCUT2D eigenvalue weighted by Crippen LogP contribution is 2.35. The van der Waals surface area contributed by atoms with Crippen molar-refractivity contribution in [2.24, 2.45) is 0 Å². The van der Waals surface area contributed by atoms with E-state index >= 15 is 0 Å². The highest BCUT2D eigenvalue weighted by Gasteiger charge is 2.30.